The first-order chi connectivity index (χ1) is 8.52. The fourth-order valence-corrected chi connectivity index (χ4v) is 2.42. The van der Waals surface area contributed by atoms with Crippen LogP contribution >= 0.6 is 11.6 Å². The molecule has 1 aromatic heterocycles. The van der Waals surface area contributed by atoms with E-state index in [1.807, 2.05) is 18.7 Å². The minimum atomic E-state index is 0.177. The lowest BCUT2D eigenvalue weighted by Gasteiger charge is -2.28. The summed E-state index contributed by atoms with van der Waals surface area (Å²) in [5.41, 5.74) is 2.45. The zero-order chi connectivity index (χ0) is 14.8. The molecule has 0 fully saturated rings. The molecule has 1 heterocycles. The highest BCUT2D eigenvalue weighted by Gasteiger charge is 2.23. The molecule has 0 amide bonds. The van der Waals surface area contributed by atoms with Gasteiger partial charge in [-0.3, -0.25) is 4.68 Å². The molecule has 0 atom stereocenters. The second kappa shape index (κ2) is 5.84. The molecule has 1 aromatic rings. The van der Waals surface area contributed by atoms with Crippen LogP contribution in [0.1, 0.15) is 52.4 Å². The number of rotatable bonds is 5. The predicted molar refractivity (Wildman–Crippen MR) is 82.8 cm³/mol. The fraction of sp³-hybridized carbons (Fsp3) is 0.800. The summed E-state index contributed by atoms with van der Waals surface area (Å²) in [5.74, 6) is 0. The Labute approximate surface area is 122 Å². The summed E-state index contributed by atoms with van der Waals surface area (Å²) in [6, 6.07) is 0. The molecule has 0 aliphatic carbocycles. The maximum absolute atomic E-state index is 6.33. The SMILES string of the molecule is Cc1nn(C)c(CC(C)(C)CCNC(C)(C)C)c1Cl. The minimum absolute atomic E-state index is 0.177. The highest BCUT2D eigenvalue weighted by Crippen LogP contribution is 2.30. The molecule has 1 rings (SSSR count). The third kappa shape index (κ3) is 5.15. The van der Waals surface area contributed by atoms with E-state index in [4.69, 9.17) is 11.6 Å². The lowest BCUT2D eigenvalue weighted by molar-refractivity contribution is 0.297. The number of nitrogens with zero attached hydrogens (tertiary/aromatic N) is 2. The van der Waals surface area contributed by atoms with E-state index in [0.717, 1.165) is 35.8 Å². The first-order valence-corrected chi connectivity index (χ1v) is 7.33. The van der Waals surface area contributed by atoms with Crippen molar-refractivity contribution in [2.75, 3.05) is 6.54 Å². The summed E-state index contributed by atoms with van der Waals surface area (Å²) >= 11 is 6.33. The summed E-state index contributed by atoms with van der Waals surface area (Å²) in [6.45, 7) is 14.1. The van der Waals surface area contributed by atoms with E-state index in [1.165, 1.54) is 0 Å². The van der Waals surface area contributed by atoms with Gasteiger partial charge in [0.25, 0.3) is 0 Å². The standard InChI is InChI=1S/C15H28ClN3/c1-11-13(16)12(19(7)18-11)10-15(5,6)8-9-17-14(2,3)4/h17H,8-10H2,1-7H3. The van der Waals surface area contributed by atoms with Gasteiger partial charge in [-0.1, -0.05) is 25.4 Å². The smallest absolute Gasteiger partial charge is 0.0847 e. The fourth-order valence-electron chi connectivity index (χ4n) is 2.19. The van der Waals surface area contributed by atoms with Crippen molar-refractivity contribution >= 4 is 11.6 Å². The Morgan fingerprint density at radius 3 is 2.21 bits per heavy atom. The van der Waals surface area contributed by atoms with E-state index in [-0.39, 0.29) is 11.0 Å². The molecule has 19 heavy (non-hydrogen) atoms. The number of halogens is 1. The molecule has 0 radical (unpaired) electrons. The van der Waals surface area contributed by atoms with Gasteiger partial charge < -0.3 is 5.32 Å². The van der Waals surface area contributed by atoms with Crippen LogP contribution in [0.15, 0.2) is 0 Å². The average Bonchev–Trinajstić information content (AvgIpc) is 2.42. The maximum Gasteiger partial charge on any atom is 0.0847 e. The van der Waals surface area contributed by atoms with Gasteiger partial charge in [0.1, 0.15) is 0 Å². The molecule has 0 bridgehead atoms. The number of aryl methyl sites for hydroxylation is 2. The van der Waals surface area contributed by atoms with Crippen LogP contribution in [0.4, 0.5) is 0 Å². The van der Waals surface area contributed by atoms with Crippen LogP contribution in [-0.2, 0) is 13.5 Å². The summed E-state index contributed by atoms with van der Waals surface area (Å²) in [6.07, 6.45) is 2.07. The molecule has 0 aliphatic rings. The van der Waals surface area contributed by atoms with Gasteiger partial charge in [0.15, 0.2) is 0 Å². The first kappa shape index (κ1) is 16.5. The Morgan fingerprint density at radius 1 is 1.21 bits per heavy atom. The van der Waals surface area contributed by atoms with Crippen LogP contribution in [0.3, 0.4) is 0 Å². The number of hydrogen-bond donors (Lipinski definition) is 1. The highest BCUT2D eigenvalue weighted by atomic mass is 35.5. The summed E-state index contributed by atoms with van der Waals surface area (Å²) in [7, 11) is 1.97. The molecule has 1 N–H and O–H groups in total. The van der Waals surface area contributed by atoms with Crippen molar-refractivity contribution in [3.63, 3.8) is 0 Å². The average molecular weight is 286 g/mol. The lowest BCUT2D eigenvalue weighted by atomic mass is 9.84. The Hall–Kier alpha value is -0.540. The number of aromatic nitrogens is 2. The second-order valence-corrected chi connectivity index (χ2v) is 7.62. The molecule has 0 unspecified atom stereocenters. The van der Waals surface area contributed by atoms with Crippen LogP contribution in [0.5, 0.6) is 0 Å². The molecule has 0 aliphatic heterocycles. The Balaban J connectivity index is 2.64. The van der Waals surface area contributed by atoms with Gasteiger partial charge in [-0.15, -0.1) is 0 Å². The first-order valence-electron chi connectivity index (χ1n) is 6.95. The molecule has 3 nitrogen and oxygen atoms in total. The van der Waals surface area contributed by atoms with E-state index in [9.17, 15) is 0 Å². The molecular formula is C15H28ClN3. The topological polar surface area (TPSA) is 29.9 Å². The molecule has 0 aromatic carbocycles. The third-order valence-electron chi connectivity index (χ3n) is 3.36. The Morgan fingerprint density at radius 2 is 1.79 bits per heavy atom. The van der Waals surface area contributed by atoms with Gasteiger partial charge in [0.2, 0.25) is 0 Å². The quantitative estimate of drug-likeness (QED) is 0.893. The van der Waals surface area contributed by atoms with Crippen molar-refractivity contribution in [3.05, 3.63) is 16.4 Å². The van der Waals surface area contributed by atoms with E-state index in [0.29, 0.717) is 0 Å². The number of hydrogen-bond acceptors (Lipinski definition) is 2. The zero-order valence-corrected chi connectivity index (χ0v) is 14.1. The highest BCUT2D eigenvalue weighted by molar-refractivity contribution is 6.31. The molecule has 4 heteroatoms. The second-order valence-electron chi connectivity index (χ2n) is 7.24. The van der Waals surface area contributed by atoms with Gasteiger partial charge in [0.05, 0.1) is 16.4 Å². The van der Waals surface area contributed by atoms with E-state index >= 15 is 0 Å². The monoisotopic (exact) mass is 285 g/mol. The molecular weight excluding hydrogens is 258 g/mol. The van der Waals surface area contributed by atoms with Crippen molar-refractivity contribution in [3.8, 4) is 0 Å². The van der Waals surface area contributed by atoms with Crippen LogP contribution in [0.25, 0.3) is 0 Å². The van der Waals surface area contributed by atoms with Crippen molar-refractivity contribution in [1.29, 1.82) is 0 Å². The van der Waals surface area contributed by atoms with E-state index in [1.54, 1.807) is 0 Å². The van der Waals surface area contributed by atoms with Crippen molar-refractivity contribution in [1.82, 2.24) is 15.1 Å². The van der Waals surface area contributed by atoms with Crippen LogP contribution in [-0.4, -0.2) is 21.9 Å². The normalized spacial score (nSPS) is 13.1. The Bertz CT molecular complexity index is 427. The molecule has 0 saturated heterocycles. The summed E-state index contributed by atoms with van der Waals surface area (Å²) in [5, 5.41) is 8.75. The van der Waals surface area contributed by atoms with Gasteiger partial charge in [-0.2, -0.15) is 5.10 Å². The summed E-state index contributed by atoms with van der Waals surface area (Å²) in [4.78, 5) is 0. The zero-order valence-electron chi connectivity index (χ0n) is 13.4. The summed E-state index contributed by atoms with van der Waals surface area (Å²) < 4.78 is 1.91. The molecule has 0 spiro atoms. The van der Waals surface area contributed by atoms with Gasteiger partial charge >= 0.3 is 0 Å². The van der Waals surface area contributed by atoms with Crippen molar-refractivity contribution in [2.45, 2.75) is 59.9 Å². The lowest BCUT2D eigenvalue weighted by Crippen LogP contribution is -2.38. The van der Waals surface area contributed by atoms with E-state index in [2.05, 4.69) is 45.0 Å². The number of nitrogens with one attached hydrogen (secondary N) is 1. The van der Waals surface area contributed by atoms with Crippen molar-refractivity contribution in [2.24, 2.45) is 12.5 Å². The van der Waals surface area contributed by atoms with Crippen LogP contribution < -0.4 is 5.32 Å². The van der Waals surface area contributed by atoms with Gasteiger partial charge in [-0.25, -0.2) is 0 Å². The van der Waals surface area contributed by atoms with Gasteiger partial charge in [-0.05, 0) is 52.5 Å². The minimum Gasteiger partial charge on any atom is -0.312 e. The molecule has 0 saturated carbocycles. The van der Waals surface area contributed by atoms with E-state index < -0.39 is 0 Å². The molecule has 110 valence electrons. The Kier molecular flexibility index (Phi) is 5.08. The van der Waals surface area contributed by atoms with Crippen LogP contribution in [0.2, 0.25) is 5.02 Å². The maximum atomic E-state index is 6.33. The van der Waals surface area contributed by atoms with Crippen LogP contribution in [0, 0.1) is 12.3 Å². The third-order valence-corrected chi connectivity index (χ3v) is 3.86. The van der Waals surface area contributed by atoms with Gasteiger partial charge in [0, 0.05) is 12.6 Å². The van der Waals surface area contributed by atoms with Crippen molar-refractivity contribution < 1.29 is 0 Å². The predicted octanol–water partition coefficient (Wildman–Crippen LogP) is 3.73. The largest absolute Gasteiger partial charge is 0.312 e.